The number of fused-ring (bicyclic) bond motifs is 1. The largest absolute Gasteiger partial charge is 0.206 e. The van der Waals surface area contributed by atoms with Gasteiger partial charge in [-0.15, -0.1) is 22.9 Å². The maximum atomic E-state index is 13.6. The van der Waals surface area contributed by atoms with Crippen LogP contribution in [0.25, 0.3) is 10.1 Å². The number of hydrogen-bond acceptors (Lipinski definition) is 1. The molecule has 0 radical (unpaired) electrons. The lowest BCUT2D eigenvalue weighted by Crippen LogP contribution is -1.93. The Hall–Kier alpha value is -0.420. The van der Waals surface area contributed by atoms with E-state index < -0.39 is 0 Å². The molecule has 0 aliphatic carbocycles. The molecule has 1 heterocycles. The first kappa shape index (κ1) is 14.5. The van der Waals surface area contributed by atoms with Crippen molar-refractivity contribution in [3.8, 4) is 0 Å². The van der Waals surface area contributed by atoms with Gasteiger partial charge < -0.3 is 0 Å². The van der Waals surface area contributed by atoms with Crippen molar-refractivity contribution in [3.05, 3.63) is 67.7 Å². The van der Waals surface area contributed by atoms with Crippen molar-refractivity contribution in [2.24, 2.45) is 0 Å². The average molecular weight is 435 g/mol. The Kier molecular flexibility index (Phi) is 4.18. The number of rotatable bonds is 2. The summed E-state index contributed by atoms with van der Waals surface area (Å²) in [4.78, 5) is 0. The van der Waals surface area contributed by atoms with Crippen LogP contribution < -0.4 is 0 Å². The normalized spacial score (nSPS) is 12.8. The van der Waals surface area contributed by atoms with Crippen molar-refractivity contribution in [2.45, 2.75) is 5.38 Å². The lowest BCUT2D eigenvalue weighted by molar-refractivity contribution is 0.619. The van der Waals surface area contributed by atoms with Crippen molar-refractivity contribution >= 4 is 64.9 Å². The topological polar surface area (TPSA) is 0 Å². The van der Waals surface area contributed by atoms with E-state index in [2.05, 4.69) is 31.9 Å². The molecule has 0 aliphatic heterocycles. The van der Waals surface area contributed by atoms with E-state index in [9.17, 15) is 4.39 Å². The Bertz CT molecular complexity index is 785. The third-order valence-corrected chi connectivity index (χ3v) is 6.19. The first-order valence-electron chi connectivity index (χ1n) is 5.82. The summed E-state index contributed by atoms with van der Waals surface area (Å²) < 4.78 is 16.3. The van der Waals surface area contributed by atoms with Crippen LogP contribution in [0.1, 0.15) is 16.5 Å². The quantitative estimate of drug-likeness (QED) is 0.385. The molecule has 0 N–H and O–H groups in total. The second-order valence-electron chi connectivity index (χ2n) is 4.34. The van der Waals surface area contributed by atoms with E-state index in [1.165, 1.54) is 6.07 Å². The molecule has 5 heteroatoms. The highest BCUT2D eigenvalue weighted by atomic mass is 79.9. The Morgan fingerprint density at radius 2 is 1.90 bits per heavy atom. The van der Waals surface area contributed by atoms with Crippen LogP contribution in [0.15, 0.2) is 50.7 Å². The number of thiophene rings is 1. The Balaban J connectivity index is 2.10. The van der Waals surface area contributed by atoms with Crippen LogP contribution in [0.2, 0.25) is 0 Å². The zero-order valence-electron chi connectivity index (χ0n) is 10.0. The van der Waals surface area contributed by atoms with Crippen molar-refractivity contribution in [2.75, 3.05) is 0 Å². The third kappa shape index (κ3) is 2.54. The molecule has 3 aromatic rings. The lowest BCUT2D eigenvalue weighted by Gasteiger charge is -2.10. The highest BCUT2D eigenvalue weighted by Gasteiger charge is 2.17. The van der Waals surface area contributed by atoms with Crippen molar-refractivity contribution < 1.29 is 4.39 Å². The molecule has 0 saturated carbocycles. The second kappa shape index (κ2) is 5.76. The van der Waals surface area contributed by atoms with Crippen LogP contribution in [0.4, 0.5) is 4.39 Å². The molecule has 0 nitrogen and oxygen atoms in total. The Labute approximate surface area is 141 Å². The maximum Gasteiger partial charge on any atom is 0.137 e. The first-order valence-corrected chi connectivity index (χ1v) is 8.73. The monoisotopic (exact) mass is 432 g/mol. The molecule has 1 unspecified atom stereocenters. The summed E-state index contributed by atoms with van der Waals surface area (Å²) in [6, 6.07) is 11.0. The predicted molar refractivity (Wildman–Crippen MR) is 91.3 cm³/mol. The van der Waals surface area contributed by atoms with Gasteiger partial charge >= 0.3 is 0 Å². The van der Waals surface area contributed by atoms with E-state index >= 15 is 0 Å². The average Bonchev–Trinajstić information content (AvgIpc) is 2.86. The summed E-state index contributed by atoms with van der Waals surface area (Å²) in [7, 11) is 0. The SMILES string of the molecule is Fc1cc(C(Cl)c2csc3c(Br)cccc23)ccc1Br. The molecule has 1 aromatic heterocycles. The van der Waals surface area contributed by atoms with Gasteiger partial charge in [0.05, 0.1) is 9.85 Å². The highest BCUT2D eigenvalue weighted by Crippen LogP contribution is 2.40. The van der Waals surface area contributed by atoms with Gasteiger partial charge in [0, 0.05) is 9.17 Å². The van der Waals surface area contributed by atoms with E-state index in [1.54, 1.807) is 17.4 Å². The predicted octanol–water partition coefficient (Wildman–Crippen LogP) is 6.89. The fourth-order valence-corrected chi connectivity index (χ4v) is 4.37. The van der Waals surface area contributed by atoms with E-state index in [-0.39, 0.29) is 11.2 Å². The van der Waals surface area contributed by atoms with Crippen LogP contribution in [0.3, 0.4) is 0 Å². The molecular weight excluding hydrogens is 426 g/mol. The molecule has 0 saturated heterocycles. The summed E-state index contributed by atoms with van der Waals surface area (Å²) in [5.41, 5.74) is 1.77. The highest BCUT2D eigenvalue weighted by molar-refractivity contribution is 9.11. The Morgan fingerprint density at radius 3 is 2.65 bits per heavy atom. The minimum absolute atomic E-state index is 0.297. The number of halogens is 4. The van der Waals surface area contributed by atoms with E-state index in [0.29, 0.717) is 4.47 Å². The molecule has 2 aromatic carbocycles. The molecule has 102 valence electrons. The molecule has 0 fully saturated rings. The minimum Gasteiger partial charge on any atom is -0.206 e. The Morgan fingerprint density at radius 1 is 1.10 bits per heavy atom. The summed E-state index contributed by atoms with van der Waals surface area (Å²) in [5.74, 6) is -0.297. The third-order valence-electron chi connectivity index (χ3n) is 3.09. The van der Waals surface area contributed by atoms with Crippen LogP contribution in [0, 0.1) is 5.82 Å². The van der Waals surface area contributed by atoms with Crippen molar-refractivity contribution in [1.82, 2.24) is 0 Å². The van der Waals surface area contributed by atoms with Crippen LogP contribution in [-0.4, -0.2) is 0 Å². The van der Waals surface area contributed by atoms with Gasteiger partial charge in [0.1, 0.15) is 5.82 Å². The number of hydrogen-bond donors (Lipinski definition) is 0. The van der Waals surface area contributed by atoms with Crippen molar-refractivity contribution in [1.29, 1.82) is 0 Å². The summed E-state index contributed by atoms with van der Waals surface area (Å²) in [6.45, 7) is 0. The molecule has 3 rings (SSSR count). The maximum absolute atomic E-state index is 13.6. The van der Waals surface area contributed by atoms with E-state index in [4.69, 9.17) is 11.6 Å². The molecule has 1 atom stereocenters. The molecular formula is C15H8Br2ClFS. The zero-order valence-corrected chi connectivity index (χ0v) is 14.8. The van der Waals surface area contributed by atoms with Gasteiger partial charge in [-0.05, 0) is 72.0 Å². The van der Waals surface area contributed by atoms with Crippen LogP contribution >= 0.6 is 54.8 Å². The summed E-state index contributed by atoms with van der Waals surface area (Å²) in [5, 5.41) is 2.78. The van der Waals surface area contributed by atoms with Gasteiger partial charge in [-0.2, -0.15) is 0 Å². The fraction of sp³-hybridized carbons (Fsp3) is 0.0667. The molecule has 0 amide bonds. The van der Waals surface area contributed by atoms with Gasteiger partial charge in [-0.1, -0.05) is 18.2 Å². The fourth-order valence-electron chi connectivity index (χ4n) is 2.09. The van der Waals surface area contributed by atoms with Gasteiger partial charge in [0.15, 0.2) is 0 Å². The van der Waals surface area contributed by atoms with Crippen molar-refractivity contribution in [3.63, 3.8) is 0 Å². The van der Waals surface area contributed by atoms with Crippen LogP contribution in [0.5, 0.6) is 0 Å². The number of alkyl halides is 1. The molecule has 0 bridgehead atoms. The summed E-state index contributed by atoms with van der Waals surface area (Å²) in [6.07, 6.45) is 0. The minimum atomic E-state index is -0.361. The van der Waals surface area contributed by atoms with Gasteiger partial charge in [-0.25, -0.2) is 4.39 Å². The van der Waals surface area contributed by atoms with Crippen LogP contribution in [-0.2, 0) is 0 Å². The lowest BCUT2D eigenvalue weighted by atomic mass is 10.0. The first-order chi connectivity index (χ1) is 9.58. The molecule has 20 heavy (non-hydrogen) atoms. The van der Waals surface area contributed by atoms with Gasteiger partial charge in [0.25, 0.3) is 0 Å². The van der Waals surface area contributed by atoms with E-state index in [0.717, 1.165) is 25.7 Å². The van der Waals surface area contributed by atoms with Gasteiger partial charge in [0.2, 0.25) is 0 Å². The van der Waals surface area contributed by atoms with E-state index in [1.807, 2.05) is 29.6 Å². The molecule has 0 spiro atoms. The summed E-state index contributed by atoms with van der Waals surface area (Å²) >= 11 is 14.9. The van der Waals surface area contributed by atoms with Gasteiger partial charge in [-0.3, -0.25) is 0 Å². The smallest absolute Gasteiger partial charge is 0.137 e. The number of benzene rings is 2. The second-order valence-corrected chi connectivity index (χ2v) is 7.37. The zero-order chi connectivity index (χ0) is 14.3. The standard InChI is InChI=1S/C15H8Br2ClFS/c16-11-5-4-8(6-13(11)19)14(18)10-7-20-15-9(10)2-1-3-12(15)17/h1-7,14H. The molecule has 0 aliphatic rings.